The van der Waals surface area contributed by atoms with Crippen LogP contribution in [0.25, 0.3) is 0 Å². The molecule has 0 fully saturated rings. The van der Waals surface area contributed by atoms with Crippen molar-refractivity contribution in [1.29, 1.82) is 0 Å². The number of hydrogen-bond donors (Lipinski definition) is 2. The highest BCUT2D eigenvalue weighted by Gasteiger charge is 2.30. The topological polar surface area (TPSA) is 96.4 Å². The van der Waals surface area contributed by atoms with E-state index in [0.717, 1.165) is 0 Å². The summed E-state index contributed by atoms with van der Waals surface area (Å²) >= 11 is 0. The summed E-state index contributed by atoms with van der Waals surface area (Å²) in [7, 11) is -3.56. The molecule has 1 rings (SSSR count). The van der Waals surface area contributed by atoms with Crippen molar-refractivity contribution < 1.29 is 18.3 Å². The number of carbonyl (C=O) groups is 1. The van der Waals surface area contributed by atoms with Crippen LogP contribution in [-0.2, 0) is 21.2 Å². The van der Waals surface area contributed by atoms with Crippen LogP contribution in [0, 0.1) is 5.41 Å². The summed E-state index contributed by atoms with van der Waals surface area (Å²) in [5.41, 5.74) is 0.213. The second-order valence-electron chi connectivity index (χ2n) is 6.02. The molecule has 0 aromatic carbocycles. The molecule has 0 bridgehead atoms. The van der Waals surface area contributed by atoms with Crippen LogP contribution in [-0.4, -0.2) is 36.3 Å². The first-order valence-corrected chi connectivity index (χ1v) is 8.37. The minimum Gasteiger partial charge on any atom is -0.481 e. The van der Waals surface area contributed by atoms with Crippen molar-refractivity contribution in [1.82, 2.24) is 9.71 Å². The lowest BCUT2D eigenvalue weighted by Crippen LogP contribution is -2.46. The molecule has 0 aliphatic heterocycles. The second-order valence-corrected chi connectivity index (χ2v) is 7.90. The summed E-state index contributed by atoms with van der Waals surface area (Å²) in [6.07, 6.45) is 1.66. The minimum atomic E-state index is -3.56. The number of nitrogens with one attached hydrogen (secondary N) is 1. The molecule has 0 aliphatic carbocycles. The molecule has 0 spiro atoms. The number of carboxylic acid groups (broad SMARTS) is 1. The third-order valence-electron chi connectivity index (χ3n) is 3.10. The van der Waals surface area contributed by atoms with Crippen LogP contribution in [0.15, 0.2) is 24.4 Å². The maximum atomic E-state index is 12.1. The van der Waals surface area contributed by atoms with Crippen molar-refractivity contribution in [3.8, 4) is 0 Å². The number of aryl methyl sites for hydroxylation is 1. The monoisotopic (exact) mass is 314 g/mol. The SMILES string of the molecule is CC(C)(C)C(CC(=O)O)NS(=O)(=O)CCc1ccccn1. The largest absolute Gasteiger partial charge is 0.481 e. The van der Waals surface area contributed by atoms with Crippen LogP contribution in [0.1, 0.15) is 32.9 Å². The summed E-state index contributed by atoms with van der Waals surface area (Å²) in [6, 6.07) is 4.67. The number of nitrogens with zero attached hydrogens (tertiary/aromatic N) is 1. The lowest BCUT2D eigenvalue weighted by molar-refractivity contribution is -0.138. The van der Waals surface area contributed by atoms with Gasteiger partial charge in [-0.1, -0.05) is 26.8 Å². The van der Waals surface area contributed by atoms with Gasteiger partial charge in [-0.2, -0.15) is 0 Å². The van der Waals surface area contributed by atoms with Crippen LogP contribution in [0.5, 0.6) is 0 Å². The van der Waals surface area contributed by atoms with Crippen molar-refractivity contribution in [2.24, 2.45) is 5.41 Å². The number of aliphatic carboxylic acids is 1. The lowest BCUT2D eigenvalue weighted by atomic mass is 9.85. The maximum absolute atomic E-state index is 12.1. The van der Waals surface area contributed by atoms with E-state index in [1.807, 2.05) is 20.8 Å². The van der Waals surface area contributed by atoms with E-state index < -0.39 is 27.4 Å². The number of rotatable bonds is 7. The van der Waals surface area contributed by atoms with Crippen LogP contribution < -0.4 is 4.72 Å². The zero-order valence-corrected chi connectivity index (χ0v) is 13.4. The van der Waals surface area contributed by atoms with Crippen molar-refractivity contribution >= 4 is 16.0 Å². The number of sulfonamides is 1. The summed E-state index contributed by atoms with van der Waals surface area (Å²) in [5.74, 6) is -1.14. The third kappa shape index (κ3) is 6.68. The molecule has 0 saturated carbocycles. The summed E-state index contributed by atoms with van der Waals surface area (Å²) < 4.78 is 26.7. The molecule has 1 unspecified atom stereocenters. The molecular weight excluding hydrogens is 292 g/mol. The molecule has 2 N–H and O–H groups in total. The fourth-order valence-corrected chi connectivity index (χ4v) is 3.23. The molecule has 1 aromatic heterocycles. The van der Waals surface area contributed by atoms with E-state index in [1.165, 1.54) is 0 Å². The first kappa shape index (κ1) is 17.6. The van der Waals surface area contributed by atoms with Crippen molar-refractivity contribution in [3.05, 3.63) is 30.1 Å². The second kappa shape index (κ2) is 7.00. The quantitative estimate of drug-likeness (QED) is 0.793. The van der Waals surface area contributed by atoms with Crippen LogP contribution in [0.3, 0.4) is 0 Å². The number of carboxylic acids is 1. The van der Waals surface area contributed by atoms with E-state index >= 15 is 0 Å². The molecule has 0 amide bonds. The molecule has 0 radical (unpaired) electrons. The molecular formula is C14H22N2O4S. The predicted molar refractivity (Wildman–Crippen MR) is 80.4 cm³/mol. The Balaban J connectivity index is 2.70. The van der Waals surface area contributed by atoms with Crippen molar-refractivity contribution in [3.63, 3.8) is 0 Å². The van der Waals surface area contributed by atoms with Gasteiger partial charge >= 0.3 is 5.97 Å². The molecule has 0 aliphatic rings. The Morgan fingerprint density at radius 2 is 2.05 bits per heavy atom. The highest BCUT2D eigenvalue weighted by atomic mass is 32.2. The fraction of sp³-hybridized carbons (Fsp3) is 0.571. The predicted octanol–water partition coefficient (Wildman–Crippen LogP) is 1.43. The average Bonchev–Trinajstić information content (AvgIpc) is 2.35. The van der Waals surface area contributed by atoms with E-state index in [1.54, 1.807) is 24.4 Å². The van der Waals surface area contributed by atoms with Gasteiger partial charge in [0, 0.05) is 24.4 Å². The summed E-state index contributed by atoms with van der Waals surface area (Å²) in [5, 5.41) is 8.91. The molecule has 21 heavy (non-hydrogen) atoms. The van der Waals surface area contributed by atoms with Gasteiger partial charge in [0.1, 0.15) is 0 Å². The summed E-state index contributed by atoms with van der Waals surface area (Å²) in [4.78, 5) is 14.9. The van der Waals surface area contributed by atoms with Gasteiger partial charge in [0.2, 0.25) is 10.0 Å². The van der Waals surface area contributed by atoms with Gasteiger partial charge in [-0.25, -0.2) is 13.1 Å². The van der Waals surface area contributed by atoms with Gasteiger partial charge in [-0.3, -0.25) is 9.78 Å². The molecule has 6 nitrogen and oxygen atoms in total. The molecule has 1 aromatic rings. The maximum Gasteiger partial charge on any atom is 0.304 e. The molecule has 1 heterocycles. The average molecular weight is 314 g/mol. The zero-order chi connectivity index (χ0) is 16.1. The first-order valence-electron chi connectivity index (χ1n) is 6.72. The van der Waals surface area contributed by atoms with Crippen LogP contribution in [0.4, 0.5) is 0 Å². The van der Waals surface area contributed by atoms with E-state index in [9.17, 15) is 13.2 Å². The summed E-state index contributed by atoms with van der Waals surface area (Å²) in [6.45, 7) is 5.42. The molecule has 0 saturated heterocycles. The number of hydrogen-bond acceptors (Lipinski definition) is 4. The van der Waals surface area contributed by atoms with Gasteiger partial charge in [-0.15, -0.1) is 0 Å². The normalized spacial score (nSPS) is 13.9. The Bertz CT molecular complexity index is 564. The lowest BCUT2D eigenvalue weighted by Gasteiger charge is -2.30. The van der Waals surface area contributed by atoms with E-state index in [0.29, 0.717) is 12.1 Å². The fourth-order valence-electron chi connectivity index (χ4n) is 1.76. The Labute approximate surface area is 125 Å². The number of aromatic nitrogens is 1. The first-order chi connectivity index (χ1) is 9.60. The minimum absolute atomic E-state index is 0.115. The van der Waals surface area contributed by atoms with Gasteiger partial charge in [-0.05, 0) is 17.5 Å². The Morgan fingerprint density at radius 1 is 1.38 bits per heavy atom. The smallest absolute Gasteiger partial charge is 0.304 e. The van der Waals surface area contributed by atoms with E-state index in [4.69, 9.17) is 5.11 Å². The third-order valence-corrected chi connectivity index (χ3v) is 4.48. The van der Waals surface area contributed by atoms with Gasteiger partial charge in [0.05, 0.1) is 12.2 Å². The van der Waals surface area contributed by atoms with Crippen LogP contribution >= 0.6 is 0 Å². The van der Waals surface area contributed by atoms with E-state index in [2.05, 4.69) is 9.71 Å². The van der Waals surface area contributed by atoms with Crippen molar-refractivity contribution in [2.75, 3.05) is 5.75 Å². The van der Waals surface area contributed by atoms with Gasteiger partial charge in [0.25, 0.3) is 0 Å². The highest BCUT2D eigenvalue weighted by molar-refractivity contribution is 7.89. The zero-order valence-electron chi connectivity index (χ0n) is 12.5. The molecule has 7 heteroatoms. The Kier molecular flexibility index (Phi) is 5.86. The Morgan fingerprint density at radius 3 is 2.52 bits per heavy atom. The van der Waals surface area contributed by atoms with Gasteiger partial charge < -0.3 is 5.11 Å². The molecule has 1 atom stereocenters. The highest BCUT2D eigenvalue weighted by Crippen LogP contribution is 2.22. The van der Waals surface area contributed by atoms with E-state index in [-0.39, 0.29) is 12.2 Å². The van der Waals surface area contributed by atoms with Crippen molar-refractivity contribution in [2.45, 2.75) is 39.7 Å². The van der Waals surface area contributed by atoms with Gasteiger partial charge in [0.15, 0.2) is 0 Å². The number of pyridine rings is 1. The standard InChI is InChI=1S/C14H22N2O4S/c1-14(2,3)12(10-13(17)18)16-21(19,20)9-7-11-6-4-5-8-15-11/h4-6,8,12,16H,7,9-10H2,1-3H3,(H,17,18). The van der Waals surface area contributed by atoms with Crippen LogP contribution in [0.2, 0.25) is 0 Å². The Hall–Kier alpha value is -1.47. The molecule has 118 valence electrons.